The summed E-state index contributed by atoms with van der Waals surface area (Å²) in [5.41, 5.74) is 2.38. The molecule has 3 aromatic carbocycles. The quantitative estimate of drug-likeness (QED) is 0.371. The Hall–Kier alpha value is -3.97. The number of hydrogen-bond acceptors (Lipinski definition) is 6. The van der Waals surface area contributed by atoms with E-state index in [-0.39, 0.29) is 12.2 Å². The van der Waals surface area contributed by atoms with E-state index < -0.39 is 12.0 Å². The summed E-state index contributed by atoms with van der Waals surface area (Å²) in [6, 6.07) is 20.9. The first kappa shape index (κ1) is 23.8. The predicted octanol–water partition coefficient (Wildman–Crippen LogP) is 4.35. The topological polar surface area (TPSA) is 69.9 Å². The molecule has 0 fully saturated rings. The Morgan fingerprint density at radius 3 is 2.53 bits per heavy atom. The summed E-state index contributed by atoms with van der Waals surface area (Å²) in [5, 5.41) is 2.06. The van der Waals surface area contributed by atoms with Crippen LogP contribution in [0.4, 0.5) is 0 Å². The van der Waals surface area contributed by atoms with Crippen LogP contribution in [0.3, 0.4) is 0 Å². The molecule has 36 heavy (non-hydrogen) atoms. The van der Waals surface area contributed by atoms with Crippen LogP contribution in [0, 0.1) is 0 Å². The van der Waals surface area contributed by atoms with Crippen molar-refractivity contribution in [3.8, 4) is 5.75 Å². The van der Waals surface area contributed by atoms with Crippen LogP contribution in [-0.2, 0) is 9.53 Å². The van der Waals surface area contributed by atoms with Crippen molar-refractivity contribution in [3.05, 3.63) is 109 Å². The second kappa shape index (κ2) is 9.95. The Balaban J connectivity index is 1.77. The normalized spacial score (nSPS) is 15.5. The third-order valence-electron chi connectivity index (χ3n) is 6.14. The molecule has 182 valence electrons. The van der Waals surface area contributed by atoms with Crippen molar-refractivity contribution >= 4 is 34.2 Å². The van der Waals surface area contributed by atoms with Crippen LogP contribution in [0.5, 0.6) is 5.75 Å². The van der Waals surface area contributed by atoms with Gasteiger partial charge in [-0.3, -0.25) is 9.36 Å². The van der Waals surface area contributed by atoms with Crippen LogP contribution in [0.15, 0.2) is 87.8 Å². The Labute approximate surface area is 212 Å². The lowest BCUT2D eigenvalue weighted by atomic mass is 9.96. The fourth-order valence-electron chi connectivity index (χ4n) is 4.58. The first-order valence-corrected chi connectivity index (χ1v) is 12.7. The molecule has 7 heteroatoms. The standard InChI is InChI=1S/C29H26N2O4S/c1-4-34-23-16-15-19-11-9-10-14-21(19)22(23)17-24-27(32)31-26(20-12-7-6-8-13-20)25(28(33)35-5-2)18(3)30-29(31)36-24/h6-17,26H,4-5H2,1-3H3/b24-17+/t26-/m1/s1. The number of nitrogens with zero attached hydrogens (tertiary/aromatic N) is 2. The van der Waals surface area contributed by atoms with Crippen molar-refractivity contribution < 1.29 is 14.3 Å². The Morgan fingerprint density at radius 2 is 1.78 bits per heavy atom. The molecular formula is C29H26N2O4S. The molecule has 1 aliphatic heterocycles. The number of carbonyl (C=O) groups is 1. The van der Waals surface area contributed by atoms with E-state index in [0.29, 0.717) is 33.0 Å². The number of allylic oxidation sites excluding steroid dienone is 1. The number of ether oxygens (including phenoxy) is 2. The number of thiazole rings is 1. The van der Waals surface area contributed by atoms with Crippen LogP contribution in [0.25, 0.3) is 16.8 Å². The first-order chi connectivity index (χ1) is 17.5. The van der Waals surface area contributed by atoms with E-state index in [0.717, 1.165) is 21.9 Å². The van der Waals surface area contributed by atoms with E-state index in [4.69, 9.17) is 9.47 Å². The van der Waals surface area contributed by atoms with Crippen LogP contribution in [-0.4, -0.2) is 23.8 Å². The second-order valence-corrected chi connectivity index (χ2v) is 9.35. The van der Waals surface area contributed by atoms with Crippen molar-refractivity contribution in [2.45, 2.75) is 26.8 Å². The molecule has 0 unspecified atom stereocenters. The van der Waals surface area contributed by atoms with Gasteiger partial charge in [0.15, 0.2) is 4.80 Å². The fraction of sp³-hybridized carbons (Fsp3) is 0.207. The van der Waals surface area contributed by atoms with Crippen LogP contribution in [0.2, 0.25) is 0 Å². The summed E-state index contributed by atoms with van der Waals surface area (Å²) < 4.78 is 13.4. The zero-order valence-electron chi connectivity index (χ0n) is 20.4. The third kappa shape index (κ3) is 4.16. The number of aromatic nitrogens is 1. The van der Waals surface area contributed by atoms with Gasteiger partial charge in [-0.2, -0.15) is 0 Å². The third-order valence-corrected chi connectivity index (χ3v) is 7.12. The molecule has 6 nitrogen and oxygen atoms in total. The number of hydrogen-bond donors (Lipinski definition) is 0. The molecule has 0 bridgehead atoms. The van der Waals surface area contributed by atoms with Gasteiger partial charge in [0.1, 0.15) is 5.75 Å². The van der Waals surface area contributed by atoms with Gasteiger partial charge in [0, 0.05) is 5.56 Å². The van der Waals surface area contributed by atoms with Crippen molar-refractivity contribution in [1.82, 2.24) is 4.57 Å². The lowest BCUT2D eigenvalue weighted by molar-refractivity contribution is -0.139. The maximum Gasteiger partial charge on any atom is 0.338 e. The van der Waals surface area contributed by atoms with Gasteiger partial charge in [-0.05, 0) is 49.2 Å². The van der Waals surface area contributed by atoms with Gasteiger partial charge in [0.25, 0.3) is 5.56 Å². The highest BCUT2D eigenvalue weighted by Crippen LogP contribution is 2.31. The van der Waals surface area contributed by atoms with E-state index in [1.165, 1.54) is 11.3 Å². The lowest BCUT2D eigenvalue weighted by Crippen LogP contribution is -2.39. The van der Waals surface area contributed by atoms with E-state index in [1.807, 2.05) is 79.7 Å². The Bertz CT molecular complexity index is 1670. The molecule has 0 amide bonds. The average molecular weight is 499 g/mol. The molecular weight excluding hydrogens is 472 g/mol. The van der Waals surface area contributed by atoms with Crippen molar-refractivity contribution in [3.63, 3.8) is 0 Å². The van der Waals surface area contributed by atoms with Crippen LogP contribution < -0.4 is 19.6 Å². The van der Waals surface area contributed by atoms with E-state index in [1.54, 1.807) is 18.4 Å². The van der Waals surface area contributed by atoms with Gasteiger partial charge >= 0.3 is 5.97 Å². The number of esters is 1. The van der Waals surface area contributed by atoms with Gasteiger partial charge in [0.2, 0.25) is 0 Å². The molecule has 0 saturated heterocycles. The molecule has 1 aromatic heterocycles. The minimum Gasteiger partial charge on any atom is -0.493 e. The zero-order valence-corrected chi connectivity index (χ0v) is 21.2. The molecule has 0 aliphatic carbocycles. The fourth-order valence-corrected chi connectivity index (χ4v) is 5.61. The van der Waals surface area contributed by atoms with Crippen LogP contribution >= 0.6 is 11.3 Å². The van der Waals surface area contributed by atoms with Crippen LogP contribution in [0.1, 0.15) is 37.9 Å². The van der Waals surface area contributed by atoms with Gasteiger partial charge in [-0.25, -0.2) is 9.79 Å². The maximum absolute atomic E-state index is 13.9. The number of carbonyl (C=O) groups excluding carboxylic acids is 1. The maximum atomic E-state index is 13.9. The molecule has 0 saturated carbocycles. The summed E-state index contributed by atoms with van der Waals surface area (Å²) in [4.78, 5) is 32.1. The molecule has 2 heterocycles. The van der Waals surface area contributed by atoms with E-state index in [9.17, 15) is 9.59 Å². The first-order valence-electron chi connectivity index (χ1n) is 11.9. The van der Waals surface area contributed by atoms with E-state index in [2.05, 4.69) is 4.99 Å². The number of rotatable bonds is 6. The van der Waals surface area contributed by atoms with Gasteiger partial charge in [-0.15, -0.1) is 0 Å². The SMILES string of the molecule is CCOC(=O)C1=C(C)N=c2s/c(=C/c3c(OCC)ccc4ccccc34)c(=O)n2[C@@H]1c1ccccc1. The van der Waals surface area contributed by atoms with Gasteiger partial charge < -0.3 is 9.47 Å². The predicted molar refractivity (Wildman–Crippen MR) is 142 cm³/mol. The highest BCUT2D eigenvalue weighted by atomic mass is 32.1. The minimum absolute atomic E-state index is 0.211. The molecule has 1 atom stereocenters. The molecule has 0 spiro atoms. The highest BCUT2D eigenvalue weighted by Gasteiger charge is 2.33. The van der Waals surface area contributed by atoms with Gasteiger partial charge in [-0.1, -0.05) is 72.0 Å². The summed E-state index contributed by atoms with van der Waals surface area (Å²) in [7, 11) is 0. The molecule has 5 rings (SSSR count). The minimum atomic E-state index is -0.623. The average Bonchev–Trinajstić information content (AvgIpc) is 3.19. The Kier molecular flexibility index (Phi) is 6.57. The summed E-state index contributed by atoms with van der Waals surface area (Å²) >= 11 is 1.31. The summed E-state index contributed by atoms with van der Waals surface area (Å²) in [6.07, 6.45) is 1.88. The van der Waals surface area contributed by atoms with Crippen molar-refractivity contribution in [1.29, 1.82) is 0 Å². The van der Waals surface area contributed by atoms with Crippen molar-refractivity contribution in [2.75, 3.05) is 13.2 Å². The molecule has 1 aliphatic rings. The van der Waals surface area contributed by atoms with E-state index >= 15 is 0 Å². The monoisotopic (exact) mass is 498 g/mol. The molecule has 4 aromatic rings. The van der Waals surface area contributed by atoms with Crippen molar-refractivity contribution in [2.24, 2.45) is 4.99 Å². The van der Waals surface area contributed by atoms with Gasteiger partial charge in [0.05, 0.1) is 35.1 Å². The number of fused-ring (bicyclic) bond motifs is 2. The lowest BCUT2D eigenvalue weighted by Gasteiger charge is -2.24. The molecule has 0 radical (unpaired) electrons. The summed E-state index contributed by atoms with van der Waals surface area (Å²) in [5.74, 6) is 0.250. The number of benzene rings is 3. The smallest absolute Gasteiger partial charge is 0.338 e. The zero-order chi connectivity index (χ0) is 25.2. The second-order valence-electron chi connectivity index (χ2n) is 8.34. The molecule has 0 N–H and O–H groups in total. The summed E-state index contributed by atoms with van der Waals surface area (Å²) in [6.45, 7) is 6.24. The largest absolute Gasteiger partial charge is 0.493 e. The highest BCUT2D eigenvalue weighted by molar-refractivity contribution is 7.07. The Morgan fingerprint density at radius 1 is 1.03 bits per heavy atom.